The second-order valence-corrected chi connectivity index (χ2v) is 19.9. The molecule has 7 aromatic carbocycles. The van der Waals surface area contributed by atoms with Crippen molar-refractivity contribution in [1.82, 2.24) is 4.90 Å². The number of rotatable bonds is 14. The van der Waals surface area contributed by atoms with Gasteiger partial charge >= 0.3 is 6.61 Å². The summed E-state index contributed by atoms with van der Waals surface area (Å²) < 4.78 is 68.6. The van der Waals surface area contributed by atoms with Gasteiger partial charge in [-0.15, -0.1) is 0 Å². The van der Waals surface area contributed by atoms with E-state index in [1.807, 2.05) is 57.2 Å². The number of benzene rings is 7. The number of carbonyl (C=O) groups is 1. The van der Waals surface area contributed by atoms with E-state index in [2.05, 4.69) is 115 Å². The molecule has 436 valence electrons. The standard InChI is InChI=1S/C13H19N.C12H15NO.C11H14O2.C9H10F2O.C9H11F.C9H12O.C7H7F/c1-2-12-7-3-4-8-13(12)11-14-9-5-6-10-14;1-2-9-3-7-11(8-4-9)13-12(14)10-5-6-10;1-2-9-3-5-10(6-4-9)11-12-7-8-13-11;1-2-7-5-3-4-6-8(7)12-9(10)11;1-3-8-5-4-7(2)9(10)6-8;1-3-8-4-6-9(10-2)7-5-8;1-6-2-4-7(8)5-3-6/h3-4,7-8H,2,5-6,9-11H2,1H3;3-4,7-8,10H,2,5-6H2,1H3,(H,13,14);3-6,11H,2,7-8H2,1H3;3-6,9H,2H2,1H3;4-6H,3H2,1-2H3;4-7H,3H2,1-2H3;2-5H,1H3. The highest BCUT2D eigenvalue weighted by molar-refractivity contribution is 5.94. The molecular weight excluding hydrogens is 1020 g/mol. The van der Waals surface area contributed by atoms with Crippen molar-refractivity contribution in [1.29, 1.82) is 0 Å². The number of anilines is 1. The zero-order valence-electron chi connectivity index (χ0n) is 49.4. The fourth-order valence-electron chi connectivity index (χ4n) is 8.37. The quantitative estimate of drug-likeness (QED) is 0.109. The van der Waals surface area contributed by atoms with Gasteiger partial charge in [-0.25, -0.2) is 8.78 Å². The van der Waals surface area contributed by atoms with E-state index in [0.717, 1.165) is 90.7 Å². The highest BCUT2D eigenvalue weighted by Gasteiger charge is 2.29. The zero-order chi connectivity index (χ0) is 58.8. The number of carbonyl (C=O) groups excluding carboxylic acids is 1. The molecule has 1 N–H and O–H groups in total. The number of ether oxygens (including phenoxy) is 4. The first-order chi connectivity index (χ1) is 39.2. The molecule has 7 aromatic rings. The summed E-state index contributed by atoms with van der Waals surface area (Å²) in [7, 11) is 1.68. The molecule has 81 heavy (non-hydrogen) atoms. The lowest BCUT2D eigenvalue weighted by Crippen LogP contribution is -2.19. The zero-order valence-corrected chi connectivity index (χ0v) is 49.4. The molecule has 0 spiro atoms. The molecule has 2 saturated heterocycles. The van der Waals surface area contributed by atoms with Crippen LogP contribution in [0.3, 0.4) is 0 Å². The minimum atomic E-state index is -2.74. The van der Waals surface area contributed by atoms with Gasteiger partial charge in [0.15, 0.2) is 6.29 Å². The smallest absolute Gasteiger partial charge is 0.387 e. The van der Waals surface area contributed by atoms with Crippen LogP contribution < -0.4 is 14.8 Å². The van der Waals surface area contributed by atoms with E-state index in [9.17, 15) is 22.4 Å². The summed E-state index contributed by atoms with van der Waals surface area (Å²) in [6.07, 6.45) is 10.7. The van der Waals surface area contributed by atoms with E-state index >= 15 is 0 Å². The molecule has 0 aromatic heterocycles. The van der Waals surface area contributed by atoms with Gasteiger partial charge < -0.3 is 24.3 Å². The lowest BCUT2D eigenvalue weighted by atomic mass is 10.1. The molecule has 3 aliphatic rings. The number of hydrogen-bond donors (Lipinski definition) is 1. The van der Waals surface area contributed by atoms with Crippen molar-refractivity contribution < 1.29 is 41.3 Å². The highest BCUT2D eigenvalue weighted by Crippen LogP contribution is 2.30. The average molecular weight is 1110 g/mol. The number of aryl methyl sites for hydroxylation is 8. The van der Waals surface area contributed by atoms with Crippen LogP contribution in [0, 0.1) is 31.4 Å². The molecule has 1 saturated carbocycles. The van der Waals surface area contributed by atoms with E-state index in [0.29, 0.717) is 19.6 Å². The maximum Gasteiger partial charge on any atom is 0.387 e. The van der Waals surface area contributed by atoms with Crippen LogP contribution >= 0.6 is 0 Å². The number of likely N-dealkylation sites (tertiary alicyclic amines) is 1. The lowest BCUT2D eigenvalue weighted by Gasteiger charge is -2.16. The number of hydrogen-bond acceptors (Lipinski definition) is 6. The molecule has 1 amide bonds. The maximum atomic E-state index is 12.8. The molecule has 2 heterocycles. The largest absolute Gasteiger partial charge is 0.497 e. The third-order valence-electron chi connectivity index (χ3n) is 13.7. The van der Waals surface area contributed by atoms with Gasteiger partial charge in [0.25, 0.3) is 0 Å². The van der Waals surface area contributed by atoms with Gasteiger partial charge in [-0.2, -0.15) is 8.78 Å². The normalized spacial score (nSPS) is 13.4. The van der Waals surface area contributed by atoms with Gasteiger partial charge in [-0.3, -0.25) is 9.69 Å². The molecule has 0 unspecified atom stereocenters. The summed E-state index contributed by atoms with van der Waals surface area (Å²) in [6.45, 7) is 18.7. The van der Waals surface area contributed by atoms with Crippen molar-refractivity contribution >= 4 is 11.6 Å². The van der Waals surface area contributed by atoms with Crippen molar-refractivity contribution in [2.45, 2.75) is 139 Å². The lowest BCUT2D eigenvalue weighted by molar-refractivity contribution is -0.117. The number of alkyl halides is 2. The number of nitrogens with zero attached hydrogens (tertiary/aromatic N) is 1. The van der Waals surface area contributed by atoms with Gasteiger partial charge in [-0.1, -0.05) is 162 Å². The molecule has 0 atom stereocenters. The summed E-state index contributed by atoms with van der Waals surface area (Å²) in [6, 6.07) is 52.0. The second kappa shape index (κ2) is 38.0. The molecule has 2 aliphatic heterocycles. The first-order valence-electron chi connectivity index (χ1n) is 28.9. The monoisotopic (exact) mass is 1110 g/mol. The maximum absolute atomic E-state index is 12.8. The Hall–Kier alpha value is -6.79. The SMILES string of the molecule is CCc1ccc(C)c(F)c1.CCc1ccc(C2OCCO2)cc1.CCc1ccc(NC(=O)C2CC2)cc1.CCc1ccc(OC)cc1.CCc1ccccc1CN1CCCC1.CCc1ccccc1OC(F)F.Cc1ccc(F)cc1. The van der Waals surface area contributed by atoms with E-state index in [1.54, 1.807) is 56.5 Å². The highest BCUT2D eigenvalue weighted by atomic mass is 19.3. The molecule has 7 nitrogen and oxygen atoms in total. The minimum Gasteiger partial charge on any atom is -0.497 e. The van der Waals surface area contributed by atoms with Crippen LogP contribution in [0.25, 0.3) is 0 Å². The van der Waals surface area contributed by atoms with Crippen LogP contribution in [0.2, 0.25) is 0 Å². The number of amides is 1. The van der Waals surface area contributed by atoms with Crippen molar-refractivity contribution in [3.63, 3.8) is 0 Å². The molecule has 10 rings (SSSR count). The summed E-state index contributed by atoms with van der Waals surface area (Å²) in [5, 5.41) is 2.92. The predicted octanol–water partition coefficient (Wildman–Crippen LogP) is 17.7. The molecular formula is C70H88F4N2O5. The Balaban J connectivity index is 0.000000205. The van der Waals surface area contributed by atoms with E-state index in [-0.39, 0.29) is 35.5 Å². The van der Waals surface area contributed by atoms with Crippen LogP contribution in [0.4, 0.5) is 23.2 Å². The summed E-state index contributed by atoms with van der Waals surface area (Å²) >= 11 is 0. The van der Waals surface area contributed by atoms with Gasteiger partial charge in [0.05, 0.1) is 20.3 Å². The van der Waals surface area contributed by atoms with E-state index in [4.69, 9.17) is 14.2 Å². The van der Waals surface area contributed by atoms with Crippen LogP contribution in [0.5, 0.6) is 11.5 Å². The third kappa shape index (κ3) is 26.1. The summed E-state index contributed by atoms with van der Waals surface area (Å²) in [5.74, 6) is 1.39. The van der Waals surface area contributed by atoms with Crippen molar-refractivity contribution in [3.05, 3.63) is 231 Å². The Kier molecular flexibility index (Phi) is 31.3. The molecule has 0 radical (unpaired) electrons. The van der Waals surface area contributed by atoms with Gasteiger partial charge in [0, 0.05) is 23.7 Å². The second-order valence-electron chi connectivity index (χ2n) is 19.9. The number of para-hydroxylation sites is 1. The topological polar surface area (TPSA) is 69.3 Å². The minimum absolute atomic E-state index is 0.0978. The van der Waals surface area contributed by atoms with Crippen molar-refractivity contribution in [3.8, 4) is 11.5 Å². The average Bonchev–Trinajstić information content (AvgIpc) is 3.96. The van der Waals surface area contributed by atoms with Gasteiger partial charge in [0.1, 0.15) is 23.1 Å². The third-order valence-corrected chi connectivity index (χ3v) is 13.7. The van der Waals surface area contributed by atoms with E-state index < -0.39 is 6.61 Å². The summed E-state index contributed by atoms with van der Waals surface area (Å²) in [5.41, 5.74) is 12.7. The Bertz CT molecular complexity index is 2750. The van der Waals surface area contributed by atoms with Gasteiger partial charge in [-0.05, 0) is 184 Å². The predicted molar refractivity (Wildman–Crippen MR) is 324 cm³/mol. The number of methoxy groups -OCH3 is 1. The first-order valence-corrected chi connectivity index (χ1v) is 28.9. The molecule has 1 aliphatic carbocycles. The Morgan fingerprint density at radius 1 is 0.593 bits per heavy atom. The fourth-order valence-corrected chi connectivity index (χ4v) is 8.37. The fraction of sp³-hybridized carbons (Fsp3) is 0.386. The molecule has 3 fully saturated rings. The van der Waals surface area contributed by atoms with Crippen LogP contribution in [0.15, 0.2) is 164 Å². The number of halogens is 4. The Morgan fingerprint density at radius 2 is 1.09 bits per heavy atom. The Labute approximate surface area is 482 Å². The van der Waals surface area contributed by atoms with Gasteiger partial charge in [0.2, 0.25) is 5.91 Å². The van der Waals surface area contributed by atoms with Crippen molar-refractivity contribution in [2.75, 3.05) is 38.7 Å². The summed E-state index contributed by atoms with van der Waals surface area (Å²) in [4.78, 5) is 14.0. The van der Waals surface area contributed by atoms with Crippen LogP contribution in [-0.4, -0.2) is 50.8 Å². The number of nitrogens with one attached hydrogen (secondary N) is 1. The van der Waals surface area contributed by atoms with Crippen molar-refractivity contribution in [2.24, 2.45) is 5.92 Å². The first kappa shape index (κ1) is 66.7. The Morgan fingerprint density at radius 3 is 1.57 bits per heavy atom. The van der Waals surface area contributed by atoms with Crippen LogP contribution in [-0.2, 0) is 59.3 Å². The van der Waals surface area contributed by atoms with E-state index in [1.165, 1.54) is 65.9 Å². The molecule has 0 bridgehead atoms. The van der Waals surface area contributed by atoms with Crippen LogP contribution in [0.1, 0.15) is 129 Å². The molecule has 11 heteroatoms.